The van der Waals surface area contributed by atoms with E-state index in [0.717, 1.165) is 44.9 Å². The first-order valence-electron chi connectivity index (χ1n) is 16.7. The predicted octanol–water partition coefficient (Wildman–Crippen LogP) is 2.21. The van der Waals surface area contributed by atoms with Gasteiger partial charge >= 0.3 is 0 Å². The quantitative estimate of drug-likeness (QED) is 0.222. The van der Waals surface area contributed by atoms with Crippen LogP contribution in [0, 0.1) is 52.3 Å². The minimum absolute atomic E-state index is 0.0179. The Morgan fingerprint density at radius 1 is 0.857 bits per heavy atom. The minimum Gasteiger partial charge on any atom is -0.394 e. The van der Waals surface area contributed by atoms with E-state index in [1.807, 2.05) is 0 Å². The molecule has 5 fully saturated rings. The topological polar surface area (TPSA) is 160 Å². The molecule has 5 rings (SSSR count). The summed E-state index contributed by atoms with van der Waals surface area (Å²) in [6, 6.07) is 0. The van der Waals surface area contributed by atoms with E-state index < -0.39 is 61.7 Å². The van der Waals surface area contributed by atoms with Gasteiger partial charge in [-0.3, -0.25) is 0 Å². The van der Waals surface area contributed by atoms with Crippen molar-refractivity contribution in [2.24, 2.45) is 52.3 Å². The van der Waals surface area contributed by atoms with Gasteiger partial charge < -0.3 is 45.2 Å². The fraction of sp³-hybridized carbons (Fsp3) is 1.00. The molecule has 0 aromatic rings. The highest BCUT2D eigenvalue weighted by atomic mass is 16.7. The maximum Gasteiger partial charge on any atom is 0.186 e. The molecule has 1 aliphatic heterocycles. The normalized spacial score (nSPS) is 52.4. The number of aliphatic hydroxyl groups excluding tert-OH is 7. The molecule has 5 aliphatic rings. The Morgan fingerprint density at radius 2 is 1.57 bits per heavy atom. The Labute approximate surface area is 251 Å². The number of fused-ring (bicyclic) bond motifs is 5. The van der Waals surface area contributed by atoms with Crippen LogP contribution in [0.4, 0.5) is 0 Å². The van der Waals surface area contributed by atoms with Gasteiger partial charge in [-0.05, 0) is 104 Å². The van der Waals surface area contributed by atoms with Gasteiger partial charge in [0.1, 0.15) is 24.4 Å². The SMILES string of the molecule is CC(C)CC[C@H](O)[C@@H](C)[C@H]1[C@@H](O)C[C@H]2[C@@H]3CC[C@H]4C[C@@H](O)C[C@@H](O[C@@H]5O[C@H](CO)[C@@H](O)[C@H](O)[C@H]5O)[C@]4(C)[C@H]3CC[C@]12C. The molecule has 1 heterocycles. The number of hydrogen-bond acceptors (Lipinski definition) is 9. The second kappa shape index (κ2) is 12.4. The zero-order valence-corrected chi connectivity index (χ0v) is 26.3. The van der Waals surface area contributed by atoms with Crippen LogP contribution in [0.15, 0.2) is 0 Å². The summed E-state index contributed by atoms with van der Waals surface area (Å²) in [4.78, 5) is 0. The van der Waals surface area contributed by atoms with Gasteiger partial charge in [0.2, 0.25) is 0 Å². The lowest BCUT2D eigenvalue weighted by atomic mass is 9.43. The van der Waals surface area contributed by atoms with E-state index in [1.165, 1.54) is 0 Å². The second-order valence-corrected chi connectivity index (χ2v) is 15.7. The Kier molecular flexibility index (Phi) is 9.78. The van der Waals surface area contributed by atoms with Crippen LogP contribution >= 0.6 is 0 Å². The van der Waals surface area contributed by atoms with Gasteiger partial charge in [0.25, 0.3) is 0 Å². The van der Waals surface area contributed by atoms with Crippen LogP contribution < -0.4 is 0 Å². The Morgan fingerprint density at radius 3 is 2.24 bits per heavy atom. The van der Waals surface area contributed by atoms with E-state index in [4.69, 9.17) is 9.47 Å². The molecule has 1 saturated heterocycles. The van der Waals surface area contributed by atoms with Gasteiger partial charge in [-0.15, -0.1) is 0 Å². The molecule has 0 spiro atoms. The summed E-state index contributed by atoms with van der Waals surface area (Å²) in [6.07, 6.45) is -1.11. The van der Waals surface area contributed by atoms with Gasteiger partial charge in [0, 0.05) is 6.42 Å². The zero-order chi connectivity index (χ0) is 30.7. The highest BCUT2D eigenvalue weighted by Crippen LogP contribution is 2.68. The van der Waals surface area contributed by atoms with E-state index >= 15 is 0 Å². The first-order chi connectivity index (χ1) is 19.7. The maximum absolute atomic E-state index is 11.5. The lowest BCUT2D eigenvalue weighted by Crippen LogP contribution is -2.63. The van der Waals surface area contributed by atoms with Crippen molar-refractivity contribution in [3.8, 4) is 0 Å². The third-order valence-corrected chi connectivity index (χ3v) is 13.2. The first-order valence-corrected chi connectivity index (χ1v) is 16.7. The lowest BCUT2D eigenvalue weighted by Gasteiger charge is -2.63. The summed E-state index contributed by atoms with van der Waals surface area (Å²) in [5.41, 5.74) is -0.377. The first kappa shape index (κ1) is 33.0. The van der Waals surface area contributed by atoms with Crippen LogP contribution in [0.3, 0.4) is 0 Å². The van der Waals surface area contributed by atoms with E-state index in [1.54, 1.807) is 0 Å². The van der Waals surface area contributed by atoms with E-state index in [-0.39, 0.29) is 28.6 Å². The second-order valence-electron chi connectivity index (χ2n) is 15.7. The van der Waals surface area contributed by atoms with Crippen LogP contribution in [-0.4, -0.2) is 97.5 Å². The van der Waals surface area contributed by atoms with Crippen molar-refractivity contribution < 1.29 is 45.2 Å². The molecule has 0 radical (unpaired) electrons. The van der Waals surface area contributed by atoms with Crippen LogP contribution in [-0.2, 0) is 9.47 Å². The summed E-state index contributed by atoms with van der Waals surface area (Å²) < 4.78 is 12.2. The lowest BCUT2D eigenvalue weighted by molar-refractivity contribution is -0.333. The van der Waals surface area contributed by atoms with E-state index in [2.05, 4.69) is 34.6 Å². The minimum atomic E-state index is -1.51. The molecule has 42 heavy (non-hydrogen) atoms. The highest BCUT2D eigenvalue weighted by Gasteiger charge is 2.65. The number of aliphatic hydroxyl groups is 7. The largest absolute Gasteiger partial charge is 0.394 e. The molecule has 244 valence electrons. The van der Waals surface area contributed by atoms with Crippen molar-refractivity contribution in [2.45, 2.75) is 148 Å². The van der Waals surface area contributed by atoms with Gasteiger partial charge in [-0.1, -0.05) is 34.6 Å². The molecule has 0 amide bonds. The fourth-order valence-electron chi connectivity index (χ4n) is 10.8. The smallest absolute Gasteiger partial charge is 0.186 e. The van der Waals surface area contributed by atoms with Crippen molar-refractivity contribution in [2.75, 3.05) is 6.61 Å². The Balaban J connectivity index is 1.38. The Hall–Kier alpha value is -0.360. The van der Waals surface area contributed by atoms with Gasteiger partial charge in [0.15, 0.2) is 6.29 Å². The molecule has 9 heteroatoms. The van der Waals surface area contributed by atoms with Crippen LogP contribution in [0.5, 0.6) is 0 Å². The average Bonchev–Trinajstić information content (AvgIpc) is 3.21. The average molecular weight is 599 g/mol. The van der Waals surface area contributed by atoms with Gasteiger partial charge in [-0.2, -0.15) is 0 Å². The van der Waals surface area contributed by atoms with Crippen LogP contribution in [0.25, 0.3) is 0 Å². The summed E-state index contributed by atoms with van der Waals surface area (Å²) in [6.45, 7) is 10.6. The standard InChI is InChI=1S/C33H58O9/c1-16(2)6-9-23(36)17(3)27-24(37)14-22-20-8-7-18-12-19(35)13-26(33(18,5)21(20)10-11-32(22,27)4)42-31-30(40)29(39)28(38)25(15-34)41-31/h16-31,34-40H,6-15H2,1-5H3/t17-,18+,19-,20-,21+,22+,23+,24+,25-,26-,27+,28-,29+,30-,31+,32+,33+/m1/s1. The van der Waals surface area contributed by atoms with Crippen molar-refractivity contribution in [3.05, 3.63) is 0 Å². The van der Waals surface area contributed by atoms with Gasteiger partial charge in [0.05, 0.1) is 31.0 Å². The van der Waals surface area contributed by atoms with Crippen LogP contribution in [0.1, 0.15) is 92.4 Å². The summed E-state index contributed by atoms with van der Waals surface area (Å²) >= 11 is 0. The van der Waals surface area contributed by atoms with E-state index in [9.17, 15) is 35.7 Å². The molecule has 0 aromatic heterocycles. The molecule has 7 N–H and O–H groups in total. The predicted molar refractivity (Wildman–Crippen MR) is 156 cm³/mol. The molecule has 9 nitrogen and oxygen atoms in total. The van der Waals surface area contributed by atoms with Crippen molar-refractivity contribution in [1.82, 2.24) is 0 Å². The molecule has 17 atom stereocenters. The molecule has 4 aliphatic carbocycles. The molecule has 0 unspecified atom stereocenters. The summed E-state index contributed by atoms with van der Waals surface area (Å²) in [7, 11) is 0. The molecule has 0 bridgehead atoms. The highest BCUT2D eigenvalue weighted by molar-refractivity contribution is 5.14. The van der Waals surface area contributed by atoms with Gasteiger partial charge in [-0.25, -0.2) is 0 Å². The third-order valence-electron chi connectivity index (χ3n) is 13.2. The summed E-state index contributed by atoms with van der Waals surface area (Å²) in [5.74, 6) is 1.82. The fourth-order valence-corrected chi connectivity index (χ4v) is 10.8. The van der Waals surface area contributed by atoms with E-state index in [0.29, 0.717) is 36.5 Å². The number of rotatable bonds is 8. The maximum atomic E-state index is 11.5. The number of hydrogen-bond donors (Lipinski definition) is 7. The molecule has 4 saturated carbocycles. The van der Waals surface area contributed by atoms with Crippen LogP contribution in [0.2, 0.25) is 0 Å². The molecule has 0 aromatic carbocycles. The summed E-state index contributed by atoms with van der Waals surface area (Å²) in [5, 5.41) is 74.7. The molecular weight excluding hydrogens is 540 g/mol. The monoisotopic (exact) mass is 598 g/mol. The Bertz CT molecular complexity index is 916. The zero-order valence-electron chi connectivity index (χ0n) is 26.3. The number of ether oxygens (including phenoxy) is 2. The third kappa shape index (κ3) is 5.51. The van der Waals surface area contributed by atoms with Crippen molar-refractivity contribution in [3.63, 3.8) is 0 Å². The van der Waals surface area contributed by atoms with Crippen molar-refractivity contribution >= 4 is 0 Å². The molecular formula is C33H58O9. The van der Waals surface area contributed by atoms with Crippen molar-refractivity contribution in [1.29, 1.82) is 0 Å².